The van der Waals surface area contributed by atoms with E-state index in [-0.39, 0.29) is 0 Å². The first-order chi connectivity index (χ1) is 8.74. The number of aromatic amines is 1. The van der Waals surface area contributed by atoms with Crippen LogP contribution in [-0.2, 0) is 0 Å². The molecule has 1 aliphatic heterocycles. The fourth-order valence-corrected chi connectivity index (χ4v) is 2.68. The molecule has 1 saturated heterocycles. The molecular formula is C14H16ClN3. The summed E-state index contributed by atoms with van der Waals surface area (Å²) in [6, 6.07) is 8.57. The van der Waals surface area contributed by atoms with Gasteiger partial charge in [-0.05, 0) is 32.4 Å². The monoisotopic (exact) mass is 261 g/mol. The molecule has 3 nitrogen and oxygen atoms in total. The molecule has 1 aromatic heterocycles. The molecule has 2 N–H and O–H groups in total. The number of aromatic nitrogens is 2. The number of rotatable bonds is 2. The predicted octanol–water partition coefficient (Wildman–Crippen LogP) is 3.46. The van der Waals surface area contributed by atoms with Crippen molar-refractivity contribution < 1.29 is 0 Å². The van der Waals surface area contributed by atoms with Crippen LogP contribution in [0, 0.1) is 6.92 Å². The van der Waals surface area contributed by atoms with E-state index in [0.29, 0.717) is 11.2 Å². The zero-order chi connectivity index (χ0) is 12.5. The summed E-state index contributed by atoms with van der Waals surface area (Å²) in [5, 5.41) is 4.05. The molecular weight excluding hydrogens is 246 g/mol. The molecule has 1 fully saturated rings. The molecule has 0 bridgehead atoms. The van der Waals surface area contributed by atoms with E-state index in [0.717, 1.165) is 30.0 Å². The summed E-state index contributed by atoms with van der Waals surface area (Å²) >= 11 is 6.26. The Balaban J connectivity index is 1.97. The molecule has 0 radical (unpaired) electrons. The minimum atomic E-state index is 0.320. The molecule has 1 aromatic carbocycles. The van der Waals surface area contributed by atoms with E-state index in [1.807, 2.05) is 12.1 Å². The first kappa shape index (κ1) is 11.8. The lowest BCUT2D eigenvalue weighted by Gasteiger charge is -2.04. The van der Waals surface area contributed by atoms with E-state index in [2.05, 4.69) is 34.3 Å². The highest BCUT2D eigenvalue weighted by Crippen LogP contribution is 2.30. The molecule has 0 saturated carbocycles. The predicted molar refractivity (Wildman–Crippen MR) is 73.7 cm³/mol. The van der Waals surface area contributed by atoms with Crippen molar-refractivity contribution in [2.24, 2.45) is 0 Å². The smallest absolute Gasteiger partial charge is 0.134 e. The minimum Gasteiger partial charge on any atom is -0.331 e. The highest BCUT2D eigenvalue weighted by atomic mass is 35.5. The van der Waals surface area contributed by atoms with Crippen molar-refractivity contribution in [2.75, 3.05) is 6.54 Å². The van der Waals surface area contributed by atoms with E-state index < -0.39 is 0 Å². The Bertz CT molecular complexity index is 556. The Kier molecular flexibility index (Phi) is 3.10. The van der Waals surface area contributed by atoms with Crippen molar-refractivity contribution in [3.05, 3.63) is 40.8 Å². The maximum Gasteiger partial charge on any atom is 0.134 e. The second-order valence-corrected chi connectivity index (χ2v) is 5.18. The number of aryl methyl sites for hydroxylation is 1. The molecule has 94 valence electrons. The number of hydrogen-bond donors (Lipinski definition) is 2. The fraction of sp³-hybridized carbons (Fsp3) is 0.357. The summed E-state index contributed by atoms with van der Waals surface area (Å²) in [6.45, 7) is 3.13. The van der Waals surface area contributed by atoms with Crippen molar-refractivity contribution in [2.45, 2.75) is 25.8 Å². The van der Waals surface area contributed by atoms with Crippen LogP contribution in [0.3, 0.4) is 0 Å². The van der Waals surface area contributed by atoms with Gasteiger partial charge in [-0.2, -0.15) is 0 Å². The topological polar surface area (TPSA) is 40.7 Å². The maximum absolute atomic E-state index is 6.26. The highest BCUT2D eigenvalue weighted by molar-refractivity contribution is 6.31. The third-order valence-corrected chi connectivity index (χ3v) is 3.63. The fourth-order valence-electron chi connectivity index (χ4n) is 2.44. The van der Waals surface area contributed by atoms with Gasteiger partial charge in [-0.3, -0.25) is 0 Å². The van der Waals surface area contributed by atoms with Gasteiger partial charge >= 0.3 is 0 Å². The highest BCUT2D eigenvalue weighted by Gasteiger charge is 2.21. The van der Waals surface area contributed by atoms with Crippen LogP contribution in [0.4, 0.5) is 0 Å². The summed E-state index contributed by atoms with van der Waals surface area (Å²) in [4.78, 5) is 7.85. The summed E-state index contributed by atoms with van der Waals surface area (Å²) < 4.78 is 0. The standard InChI is InChI=1S/C14H16ClN3/c1-9-4-2-5-10(8-9)12-13(15)18-14(17-12)11-6-3-7-16-11/h2,4-5,8,11,16H,3,6-7H2,1H3,(H,17,18)/t11-/m0/s1. The van der Waals surface area contributed by atoms with Gasteiger partial charge in [-0.25, -0.2) is 4.98 Å². The van der Waals surface area contributed by atoms with Crippen LogP contribution in [0.15, 0.2) is 24.3 Å². The molecule has 0 aliphatic carbocycles. The zero-order valence-electron chi connectivity index (χ0n) is 10.3. The molecule has 0 amide bonds. The van der Waals surface area contributed by atoms with Gasteiger partial charge in [-0.15, -0.1) is 0 Å². The Morgan fingerprint density at radius 2 is 2.28 bits per heavy atom. The minimum absolute atomic E-state index is 0.320. The van der Waals surface area contributed by atoms with Crippen LogP contribution in [0.5, 0.6) is 0 Å². The molecule has 2 aromatic rings. The number of nitrogens with one attached hydrogen (secondary N) is 2. The summed E-state index contributed by atoms with van der Waals surface area (Å²) in [5.41, 5.74) is 3.14. The molecule has 4 heteroatoms. The van der Waals surface area contributed by atoms with Gasteiger partial charge in [0.2, 0.25) is 0 Å². The number of halogens is 1. The van der Waals surface area contributed by atoms with Crippen molar-refractivity contribution in [3.8, 4) is 11.3 Å². The SMILES string of the molecule is Cc1cccc(-c2nc([C@@H]3CCCN3)[nH]c2Cl)c1. The molecule has 0 spiro atoms. The van der Waals surface area contributed by atoms with E-state index in [1.54, 1.807) is 0 Å². The Morgan fingerprint density at radius 1 is 1.39 bits per heavy atom. The van der Waals surface area contributed by atoms with Crippen LogP contribution in [0.25, 0.3) is 11.3 Å². The van der Waals surface area contributed by atoms with Gasteiger partial charge < -0.3 is 10.3 Å². The first-order valence-corrected chi connectivity index (χ1v) is 6.67. The zero-order valence-corrected chi connectivity index (χ0v) is 11.1. The quantitative estimate of drug-likeness (QED) is 0.869. The first-order valence-electron chi connectivity index (χ1n) is 6.30. The molecule has 3 rings (SSSR count). The largest absolute Gasteiger partial charge is 0.331 e. The lowest BCUT2D eigenvalue weighted by Crippen LogP contribution is -2.14. The van der Waals surface area contributed by atoms with Crippen molar-refractivity contribution >= 4 is 11.6 Å². The van der Waals surface area contributed by atoms with Crippen LogP contribution in [0.1, 0.15) is 30.3 Å². The Morgan fingerprint density at radius 3 is 3.00 bits per heavy atom. The van der Waals surface area contributed by atoms with E-state index >= 15 is 0 Å². The van der Waals surface area contributed by atoms with E-state index in [9.17, 15) is 0 Å². The average molecular weight is 262 g/mol. The summed E-state index contributed by atoms with van der Waals surface area (Å²) in [6.07, 6.45) is 2.32. The number of imidazole rings is 1. The number of H-pyrrole nitrogens is 1. The van der Waals surface area contributed by atoms with Crippen molar-refractivity contribution in [3.63, 3.8) is 0 Å². The van der Waals surface area contributed by atoms with Crippen LogP contribution in [-0.4, -0.2) is 16.5 Å². The second kappa shape index (κ2) is 4.75. The van der Waals surface area contributed by atoms with E-state index in [4.69, 9.17) is 11.6 Å². The second-order valence-electron chi connectivity index (χ2n) is 4.80. The van der Waals surface area contributed by atoms with E-state index in [1.165, 1.54) is 12.0 Å². The third-order valence-electron chi connectivity index (χ3n) is 3.36. The number of benzene rings is 1. The number of hydrogen-bond acceptors (Lipinski definition) is 2. The van der Waals surface area contributed by atoms with Gasteiger partial charge in [0.15, 0.2) is 0 Å². The van der Waals surface area contributed by atoms with Gasteiger partial charge in [-0.1, -0.05) is 35.4 Å². The Hall–Kier alpha value is -1.32. The lowest BCUT2D eigenvalue weighted by molar-refractivity contribution is 0.613. The summed E-state index contributed by atoms with van der Waals surface area (Å²) in [7, 11) is 0. The molecule has 2 heterocycles. The number of nitrogens with zero attached hydrogens (tertiary/aromatic N) is 1. The van der Waals surface area contributed by atoms with Gasteiger partial charge in [0.05, 0.1) is 6.04 Å². The van der Waals surface area contributed by atoms with Crippen LogP contribution in [0.2, 0.25) is 5.15 Å². The van der Waals surface area contributed by atoms with Crippen LogP contribution >= 0.6 is 11.6 Å². The molecule has 1 atom stereocenters. The lowest BCUT2D eigenvalue weighted by atomic mass is 10.1. The van der Waals surface area contributed by atoms with Gasteiger partial charge in [0, 0.05) is 5.56 Å². The van der Waals surface area contributed by atoms with Crippen molar-refractivity contribution in [1.82, 2.24) is 15.3 Å². The molecule has 18 heavy (non-hydrogen) atoms. The van der Waals surface area contributed by atoms with Gasteiger partial charge in [0.1, 0.15) is 16.7 Å². The summed E-state index contributed by atoms with van der Waals surface area (Å²) in [5.74, 6) is 0.953. The average Bonchev–Trinajstić information content (AvgIpc) is 2.97. The normalized spacial score (nSPS) is 19.3. The van der Waals surface area contributed by atoms with Gasteiger partial charge in [0.25, 0.3) is 0 Å². The molecule has 0 unspecified atom stereocenters. The van der Waals surface area contributed by atoms with Crippen LogP contribution < -0.4 is 5.32 Å². The third kappa shape index (κ3) is 2.16. The maximum atomic E-state index is 6.26. The Labute approximate surface area is 112 Å². The van der Waals surface area contributed by atoms with Crippen molar-refractivity contribution in [1.29, 1.82) is 0 Å². The molecule has 1 aliphatic rings.